The lowest BCUT2D eigenvalue weighted by molar-refractivity contribution is 0.417. The van der Waals surface area contributed by atoms with Crippen LogP contribution in [0, 0.1) is 0 Å². The molecule has 2 N–H and O–H groups in total. The molecule has 1 fully saturated rings. The van der Waals surface area contributed by atoms with E-state index in [-0.39, 0.29) is 0 Å². The van der Waals surface area contributed by atoms with Gasteiger partial charge in [-0.1, -0.05) is 0 Å². The summed E-state index contributed by atoms with van der Waals surface area (Å²) in [5, 5.41) is 0. The smallest absolute Gasteiger partial charge is 0.141 e. The first-order valence-electron chi connectivity index (χ1n) is 5.00. The predicted octanol–water partition coefficient (Wildman–Crippen LogP) is 1.88. The van der Waals surface area contributed by atoms with Gasteiger partial charge in [0.15, 0.2) is 0 Å². The maximum Gasteiger partial charge on any atom is 0.141 e. The minimum atomic E-state index is 0.719. The average molecular weight is 192 g/mol. The Kier molecular flexibility index (Phi) is 2.48. The topological polar surface area (TPSA) is 38.5 Å². The van der Waals surface area contributed by atoms with E-state index in [4.69, 9.17) is 10.5 Å². The van der Waals surface area contributed by atoms with E-state index in [1.807, 2.05) is 12.1 Å². The van der Waals surface area contributed by atoms with Crippen LogP contribution in [-0.2, 0) is 0 Å². The Morgan fingerprint density at radius 1 is 1.29 bits per heavy atom. The Hall–Kier alpha value is -1.38. The van der Waals surface area contributed by atoms with E-state index in [1.54, 1.807) is 7.11 Å². The van der Waals surface area contributed by atoms with Gasteiger partial charge in [0, 0.05) is 18.8 Å². The zero-order valence-corrected chi connectivity index (χ0v) is 8.49. The number of hydrogen-bond acceptors (Lipinski definition) is 3. The summed E-state index contributed by atoms with van der Waals surface area (Å²) >= 11 is 0. The fourth-order valence-corrected chi connectivity index (χ4v) is 1.89. The summed E-state index contributed by atoms with van der Waals surface area (Å²) < 4.78 is 5.12. The van der Waals surface area contributed by atoms with Crippen molar-refractivity contribution in [3.63, 3.8) is 0 Å². The molecular weight excluding hydrogens is 176 g/mol. The second-order valence-corrected chi connectivity index (χ2v) is 3.62. The molecule has 1 saturated heterocycles. The minimum Gasteiger partial charge on any atom is -0.495 e. The van der Waals surface area contributed by atoms with Crippen molar-refractivity contribution < 1.29 is 4.74 Å². The third-order valence-electron chi connectivity index (χ3n) is 2.68. The van der Waals surface area contributed by atoms with Gasteiger partial charge < -0.3 is 15.4 Å². The minimum absolute atomic E-state index is 0.719. The highest BCUT2D eigenvalue weighted by atomic mass is 16.5. The molecule has 1 heterocycles. The van der Waals surface area contributed by atoms with Crippen molar-refractivity contribution in [2.45, 2.75) is 12.8 Å². The van der Waals surface area contributed by atoms with Gasteiger partial charge in [0.2, 0.25) is 0 Å². The van der Waals surface area contributed by atoms with Gasteiger partial charge in [-0.25, -0.2) is 0 Å². The van der Waals surface area contributed by atoms with Gasteiger partial charge >= 0.3 is 0 Å². The zero-order chi connectivity index (χ0) is 9.97. The SMILES string of the molecule is COc1ccc(N2CCCC2)cc1N. The number of hydrogen-bond donors (Lipinski definition) is 1. The van der Waals surface area contributed by atoms with Crippen LogP contribution in [0.4, 0.5) is 11.4 Å². The Bertz CT molecular complexity index is 319. The second kappa shape index (κ2) is 3.78. The molecule has 0 saturated carbocycles. The largest absolute Gasteiger partial charge is 0.495 e. The maximum absolute atomic E-state index is 5.85. The monoisotopic (exact) mass is 192 g/mol. The molecule has 0 radical (unpaired) electrons. The van der Waals surface area contributed by atoms with Crippen molar-refractivity contribution in [1.82, 2.24) is 0 Å². The van der Waals surface area contributed by atoms with E-state index in [2.05, 4.69) is 11.0 Å². The molecule has 0 atom stereocenters. The molecule has 14 heavy (non-hydrogen) atoms. The van der Waals surface area contributed by atoms with Gasteiger partial charge in [-0.05, 0) is 31.0 Å². The van der Waals surface area contributed by atoms with Gasteiger partial charge in [-0.3, -0.25) is 0 Å². The Balaban J connectivity index is 2.23. The number of nitrogens with zero attached hydrogens (tertiary/aromatic N) is 1. The third-order valence-corrected chi connectivity index (χ3v) is 2.68. The molecular formula is C11H16N2O. The average Bonchev–Trinajstić information content (AvgIpc) is 2.70. The molecule has 0 amide bonds. The fourth-order valence-electron chi connectivity index (χ4n) is 1.89. The van der Waals surface area contributed by atoms with Gasteiger partial charge in [0.1, 0.15) is 5.75 Å². The van der Waals surface area contributed by atoms with Crippen molar-refractivity contribution in [2.75, 3.05) is 30.8 Å². The van der Waals surface area contributed by atoms with Crippen LogP contribution in [0.25, 0.3) is 0 Å². The maximum atomic E-state index is 5.85. The molecule has 0 bridgehead atoms. The molecule has 1 aromatic carbocycles. The number of nitrogen functional groups attached to an aromatic ring is 1. The summed E-state index contributed by atoms with van der Waals surface area (Å²) in [4.78, 5) is 2.36. The summed E-state index contributed by atoms with van der Waals surface area (Å²) in [5.41, 5.74) is 7.78. The highest BCUT2D eigenvalue weighted by Crippen LogP contribution is 2.28. The summed E-state index contributed by atoms with van der Waals surface area (Å²) in [6.45, 7) is 2.29. The van der Waals surface area contributed by atoms with E-state index in [9.17, 15) is 0 Å². The first-order valence-corrected chi connectivity index (χ1v) is 5.00. The van der Waals surface area contributed by atoms with Crippen LogP contribution in [0.1, 0.15) is 12.8 Å². The van der Waals surface area contributed by atoms with Gasteiger partial charge in [-0.2, -0.15) is 0 Å². The Morgan fingerprint density at radius 2 is 2.00 bits per heavy atom. The molecule has 3 heteroatoms. The van der Waals surface area contributed by atoms with Gasteiger partial charge in [0.05, 0.1) is 12.8 Å². The number of methoxy groups -OCH3 is 1. The lowest BCUT2D eigenvalue weighted by Crippen LogP contribution is -2.17. The second-order valence-electron chi connectivity index (χ2n) is 3.62. The first kappa shape index (κ1) is 9.19. The van der Waals surface area contributed by atoms with Crippen molar-refractivity contribution in [3.8, 4) is 5.75 Å². The Morgan fingerprint density at radius 3 is 2.57 bits per heavy atom. The van der Waals surface area contributed by atoms with E-state index in [1.165, 1.54) is 18.5 Å². The van der Waals surface area contributed by atoms with Crippen LogP contribution < -0.4 is 15.4 Å². The normalized spacial score (nSPS) is 15.9. The number of nitrogens with two attached hydrogens (primary N) is 1. The number of rotatable bonds is 2. The Labute approximate surface area is 84.5 Å². The van der Waals surface area contributed by atoms with E-state index < -0.39 is 0 Å². The van der Waals surface area contributed by atoms with Crippen LogP contribution >= 0.6 is 0 Å². The number of anilines is 2. The number of ether oxygens (including phenoxy) is 1. The lowest BCUT2D eigenvalue weighted by atomic mass is 10.2. The molecule has 2 rings (SSSR count). The zero-order valence-electron chi connectivity index (χ0n) is 8.49. The van der Waals surface area contributed by atoms with Crippen LogP contribution in [0.15, 0.2) is 18.2 Å². The van der Waals surface area contributed by atoms with Crippen LogP contribution in [0.5, 0.6) is 5.75 Å². The van der Waals surface area contributed by atoms with Crippen molar-refractivity contribution >= 4 is 11.4 Å². The summed E-state index contributed by atoms with van der Waals surface area (Å²) in [6, 6.07) is 5.99. The molecule has 1 aromatic rings. The number of benzene rings is 1. The standard InChI is InChI=1S/C11H16N2O/c1-14-11-5-4-9(8-10(11)12)13-6-2-3-7-13/h4-5,8H,2-3,6-7,12H2,1H3. The van der Waals surface area contributed by atoms with Gasteiger partial charge in [-0.15, -0.1) is 0 Å². The molecule has 0 aliphatic carbocycles. The predicted molar refractivity (Wildman–Crippen MR) is 58.9 cm³/mol. The van der Waals surface area contributed by atoms with E-state index in [0.717, 1.165) is 24.5 Å². The molecule has 1 aliphatic rings. The van der Waals surface area contributed by atoms with Crippen LogP contribution in [0.3, 0.4) is 0 Å². The van der Waals surface area contributed by atoms with Crippen LogP contribution in [-0.4, -0.2) is 20.2 Å². The molecule has 76 valence electrons. The summed E-state index contributed by atoms with van der Waals surface area (Å²) in [6.07, 6.45) is 2.57. The summed E-state index contributed by atoms with van der Waals surface area (Å²) in [5.74, 6) is 0.757. The quantitative estimate of drug-likeness (QED) is 0.727. The highest BCUT2D eigenvalue weighted by molar-refractivity contribution is 5.63. The molecule has 0 aromatic heterocycles. The molecule has 0 unspecified atom stereocenters. The van der Waals surface area contributed by atoms with Gasteiger partial charge in [0.25, 0.3) is 0 Å². The van der Waals surface area contributed by atoms with Crippen molar-refractivity contribution in [2.24, 2.45) is 0 Å². The molecule has 0 spiro atoms. The molecule has 1 aliphatic heterocycles. The highest BCUT2D eigenvalue weighted by Gasteiger charge is 2.13. The first-order chi connectivity index (χ1) is 6.81. The van der Waals surface area contributed by atoms with Crippen molar-refractivity contribution in [1.29, 1.82) is 0 Å². The van der Waals surface area contributed by atoms with Crippen LogP contribution in [0.2, 0.25) is 0 Å². The third kappa shape index (κ3) is 1.62. The van der Waals surface area contributed by atoms with E-state index >= 15 is 0 Å². The fraction of sp³-hybridized carbons (Fsp3) is 0.455. The summed E-state index contributed by atoms with van der Waals surface area (Å²) in [7, 11) is 1.64. The molecule has 3 nitrogen and oxygen atoms in total. The van der Waals surface area contributed by atoms with Crippen molar-refractivity contribution in [3.05, 3.63) is 18.2 Å². The van der Waals surface area contributed by atoms with E-state index in [0.29, 0.717) is 0 Å². The lowest BCUT2D eigenvalue weighted by Gasteiger charge is -2.18.